The van der Waals surface area contributed by atoms with Crippen LogP contribution >= 0.6 is 0 Å². The number of furan rings is 2. The van der Waals surface area contributed by atoms with E-state index in [1.165, 1.54) is 44.2 Å². The Bertz CT molecular complexity index is 4510. The standard InChI is InChI=1S/C70H40N4O3/c71-37-52-53(38-72)66(74(41-19-5-2-6-20-41)55-30-16-28-51-45-24-12-14-32-57(45)76-68(51)55)64-63(65(52)73(40-17-3-1-4-18-40)54-29-15-27-50-44-23-11-13-31-56(44)75-67(50)54)69-61-46-25-9-7-21-42(46)48-35-33-39-34-36-49-43-22-8-10-26-47(43)62(70(64)77-69)60(49)58(39)59(48)61/h1-36,61-62,69-70H. The molecule has 358 valence electrons. The molecule has 0 amide bonds. The lowest BCUT2D eigenvalue weighted by molar-refractivity contribution is -0.00546. The predicted octanol–water partition coefficient (Wildman–Crippen LogP) is 18.4. The highest BCUT2D eigenvalue weighted by Crippen LogP contribution is 2.70. The number of hydrogen-bond donors (Lipinski definition) is 0. The summed E-state index contributed by atoms with van der Waals surface area (Å²) in [6.45, 7) is 0. The lowest BCUT2D eigenvalue weighted by Gasteiger charge is -2.35. The highest BCUT2D eigenvalue weighted by atomic mass is 16.5. The third-order valence-electron chi connectivity index (χ3n) is 17.0. The number of rotatable bonds is 6. The fourth-order valence-corrected chi connectivity index (χ4v) is 14.1. The van der Waals surface area contributed by atoms with Gasteiger partial charge in [0.25, 0.3) is 0 Å². The van der Waals surface area contributed by atoms with E-state index in [9.17, 15) is 10.5 Å². The van der Waals surface area contributed by atoms with Gasteiger partial charge >= 0.3 is 0 Å². The lowest BCUT2D eigenvalue weighted by atomic mass is 9.81. The zero-order valence-electron chi connectivity index (χ0n) is 41.1. The lowest BCUT2D eigenvalue weighted by Crippen LogP contribution is -2.21. The van der Waals surface area contributed by atoms with E-state index >= 15 is 0 Å². The van der Waals surface area contributed by atoms with Crippen LogP contribution in [-0.4, -0.2) is 0 Å². The van der Waals surface area contributed by atoms with Crippen LogP contribution in [0, 0.1) is 22.7 Å². The number of hydrogen-bond acceptors (Lipinski definition) is 7. The summed E-state index contributed by atoms with van der Waals surface area (Å²) in [6.07, 6.45) is -1.33. The van der Waals surface area contributed by atoms with Gasteiger partial charge in [0.2, 0.25) is 0 Å². The van der Waals surface area contributed by atoms with E-state index in [1.54, 1.807) is 0 Å². The van der Waals surface area contributed by atoms with Gasteiger partial charge in [-0.1, -0.05) is 170 Å². The van der Waals surface area contributed by atoms with Crippen LogP contribution in [0.2, 0.25) is 0 Å². The molecule has 0 radical (unpaired) electrons. The molecule has 7 nitrogen and oxygen atoms in total. The minimum Gasteiger partial charge on any atom is -0.454 e. The summed E-state index contributed by atoms with van der Waals surface area (Å²) in [4.78, 5) is 4.36. The molecule has 0 saturated carbocycles. The van der Waals surface area contributed by atoms with Crippen LogP contribution in [0.5, 0.6) is 0 Å². The van der Waals surface area contributed by atoms with Crippen molar-refractivity contribution in [2.24, 2.45) is 0 Å². The van der Waals surface area contributed by atoms with Crippen molar-refractivity contribution in [1.29, 1.82) is 10.5 Å². The number of nitrogens with zero attached hydrogens (tertiary/aromatic N) is 4. The summed E-state index contributed by atoms with van der Waals surface area (Å²) in [5, 5.41) is 31.0. The van der Waals surface area contributed by atoms with Crippen molar-refractivity contribution < 1.29 is 13.6 Å². The second-order valence-electron chi connectivity index (χ2n) is 20.6. The first-order valence-electron chi connectivity index (χ1n) is 26.2. The molecule has 1 aliphatic heterocycles. The molecule has 17 rings (SSSR count). The molecule has 0 N–H and O–H groups in total. The predicted molar refractivity (Wildman–Crippen MR) is 305 cm³/mol. The van der Waals surface area contributed by atoms with Crippen LogP contribution in [0.15, 0.2) is 227 Å². The Labute approximate surface area is 441 Å². The number of fused-ring (bicyclic) bond motifs is 14. The maximum absolute atomic E-state index is 12.4. The SMILES string of the molecule is N#Cc1c(C#N)c(N(c2ccccc2)c2cccc3c2oc2ccccc23)c2c(c1N(c1ccccc1)c1cccc3c1oc1ccccc13)C1OC2C2c3ccccc3-c3ccc4ccc5c(c4c32)C1c1ccccc1-5. The van der Waals surface area contributed by atoms with Crippen LogP contribution in [-0.2, 0) is 4.74 Å². The summed E-state index contributed by atoms with van der Waals surface area (Å²) in [5.41, 5.74) is 18.7. The second-order valence-corrected chi connectivity index (χ2v) is 20.6. The molecule has 3 heterocycles. The fourth-order valence-electron chi connectivity index (χ4n) is 14.1. The average molecular weight is 985 g/mol. The molecule has 11 aromatic carbocycles. The van der Waals surface area contributed by atoms with E-state index in [4.69, 9.17) is 13.6 Å². The Morgan fingerprint density at radius 2 is 0.779 bits per heavy atom. The van der Waals surface area contributed by atoms with Crippen molar-refractivity contribution in [3.63, 3.8) is 0 Å². The zero-order valence-corrected chi connectivity index (χ0v) is 41.1. The quantitative estimate of drug-likeness (QED) is 0.164. The van der Waals surface area contributed by atoms with Gasteiger partial charge in [-0.25, -0.2) is 0 Å². The molecule has 2 aromatic heterocycles. The first kappa shape index (κ1) is 42.2. The Hall–Kier alpha value is -10.2. The average Bonchev–Trinajstić information content (AvgIpc) is 4.51. The zero-order chi connectivity index (χ0) is 50.6. The summed E-state index contributed by atoms with van der Waals surface area (Å²) >= 11 is 0. The highest BCUT2D eigenvalue weighted by molar-refractivity contribution is 6.13. The number of anilines is 6. The molecular weight excluding hydrogens is 945 g/mol. The Balaban J connectivity index is 1.09. The van der Waals surface area contributed by atoms with Gasteiger partial charge in [0.1, 0.15) is 23.3 Å². The van der Waals surface area contributed by atoms with Crippen molar-refractivity contribution in [3.8, 4) is 34.4 Å². The van der Waals surface area contributed by atoms with Crippen LogP contribution in [0.4, 0.5) is 34.1 Å². The van der Waals surface area contributed by atoms with Gasteiger partial charge < -0.3 is 23.4 Å². The molecule has 13 aromatic rings. The first-order valence-corrected chi connectivity index (χ1v) is 26.2. The van der Waals surface area contributed by atoms with Gasteiger partial charge in [0, 0.05) is 55.9 Å². The van der Waals surface area contributed by atoms with E-state index in [0.717, 1.165) is 77.7 Å². The highest BCUT2D eigenvalue weighted by Gasteiger charge is 2.55. The molecule has 0 spiro atoms. The van der Waals surface area contributed by atoms with Crippen molar-refractivity contribution >= 4 is 88.8 Å². The third-order valence-corrected chi connectivity index (χ3v) is 17.0. The van der Waals surface area contributed by atoms with Gasteiger partial charge in [0.15, 0.2) is 11.2 Å². The van der Waals surface area contributed by atoms with E-state index in [2.05, 4.69) is 168 Å². The summed E-state index contributed by atoms with van der Waals surface area (Å²) < 4.78 is 22.1. The van der Waals surface area contributed by atoms with Gasteiger partial charge in [-0.3, -0.25) is 0 Å². The Morgan fingerprint density at radius 1 is 0.364 bits per heavy atom. The number of benzene rings is 11. The maximum Gasteiger partial charge on any atom is 0.159 e. The molecule has 3 aliphatic carbocycles. The normalized spacial score (nSPS) is 17.0. The molecule has 4 aliphatic rings. The van der Waals surface area contributed by atoms with Gasteiger partial charge in [-0.2, -0.15) is 10.5 Å². The molecule has 2 bridgehead atoms. The summed E-state index contributed by atoms with van der Waals surface area (Å²) in [7, 11) is 0. The van der Waals surface area contributed by atoms with E-state index in [1.807, 2.05) is 72.8 Å². The second kappa shape index (κ2) is 15.7. The third kappa shape index (κ3) is 5.55. The molecule has 77 heavy (non-hydrogen) atoms. The van der Waals surface area contributed by atoms with Gasteiger partial charge in [-0.15, -0.1) is 0 Å². The Kier molecular flexibility index (Phi) is 8.59. The van der Waals surface area contributed by atoms with Crippen LogP contribution in [0.1, 0.15) is 68.6 Å². The van der Waals surface area contributed by atoms with Crippen LogP contribution in [0.3, 0.4) is 0 Å². The largest absolute Gasteiger partial charge is 0.454 e. The van der Waals surface area contributed by atoms with Gasteiger partial charge in [0.05, 0.1) is 46.1 Å². The fraction of sp³-hybridized carbons (Fsp3) is 0.0571. The van der Waals surface area contributed by atoms with Crippen molar-refractivity contribution in [2.75, 3.05) is 9.80 Å². The smallest absolute Gasteiger partial charge is 0.159 e. The van der Waals surface area contributed by atoms with E-state index < -0.39 is 12.2 Å². The van der Waals surface area contributed by atoms with Gasteiger partial charge in [-0.05, 0) is 104 Å². The molecule has 4 atom stereocenters. The van der Waals surface area contributed by atoms with Crippen molar-refractivity contribution in [3.05, 3.63) is 263 Å². The topological polar surface area (TPSA) is 89.6 Å². The summed E-state index contributed by atoms with van der Waals surface area (Å²) in [5.74, 6) is -0.640. The monoisotopic (exact) mass is 984 g/mol. The van der Waals surface area contributed by atoms with Crippen LogP contribution in [0.25, 0.3) is 76.9 Å². The van der Waals surface area contributed by atoms with E-state index in [-0.39, 0.29) is 23.0 Å². The minimum atomic E-state index is -0.665. The minimum absolute atomic E-state index is 0.221. The first-order chi connectivity index (χ1) is 38.2. The van der Waals surface area contributed by atoms with Crippen molar-refractivity contribution in [2.45, 2.75) is 24.0 Å². The molecule has 0 saturated heterocycles. The Morgan fingerprint density at radius 3 is 1.25 bits per heavy atom. The van der Waals surface area contributed by atoms with Crippen LogP contribution < -0.4 is 9.80 Å². The number of ether oxygens (including phenoxy) is 1. The molecule has 0 fully saturated rings. The maximum atomic E-state index is 12.4. The molecule has 7 heteroatoms. The molecular formula is C70H40N4O3. The molecule has 4 unspecified atom stereocenters. The number of para-hydroxylation sites is 6. The van der Waals surface area contributed by atoms with E-state index in [0.29, 0.717) is 22.5 Å². The summed E-state index contributed by atoms with van der Waals surface area (Å²) in [6, 6.07) is 81.3. The van der Waals surface area contributed by atoms with Crippen molar-refractivity contribution in [1.82, 2.24) is 0 Å². The number of nitriles is 2.